The topological polar surface area (TPSA) is 65.4 Å². The van der Waals surface area contributed by atoms with Crippen LogP contribution in [-0.4, -0.2) is 47.6 Å². The minimum absolute atomic E-state index is 0.315. The Labute approximate surface area is 172 Å². The summed E-state index contributed by atoms with van der Waals surface area (Å²) in [7, 11) is 3.13. The molecule has 0 aliphatic carbocycles. The smallest absolute Gasteiger partial charge is 0.173 e. The summed E-state index contributed by atoms with van der Waals surface area (Å²) in [5.74, 6) is 0. The van der Waals surface area contributed by atoms with Gasteiger partial charge in [-0.1, -0.05) is 74.5 Å². The lowest BCUT2D eigenvalue weighted by Crippen LogP contribution is -2.76. The molecule has 2 aromatic rings. The van der Waals surface area contributed by atoms with Crippen LogP contribution in [0.2, 0.25) is 0 Å². The van der Waals surface area contributed by atoms with E-state index >= 15 is 0 Å². The van der Waals surface area contributed by atoms with Gasteiger partial charge in [-0.3, -0.25) is 9.68 Å². The first kappa shape index (κ1) is 20.5. The second kappa shape index (κ2) is 6.87. The number of hydrogen-bond acceptors (Lipinski definition) is 6. The number of nitrogens with zero attached hydrogens (tertiary/aromatic N) is 2. The minimum Gasteiger partial charge on any atom is -0.369 e. The normalized spacial score (nSPS) is 38.1. The number of hydrogen-bond donors (Lipinski definition) is 2. The van der Waals surface area contributed by atoms with Crippen molar-refractivity contribution >= 4 is 0 Å². The van der Waals surface area contributed by atoms with Crippen molar-refractivity contribution in [2.45, 2.75) is 31.7 Å². The molecule has 2 saturated heterocycles. The fraction of sp³-hybridized carbons (Fsp3) is 0.478. The SMILES string of the molecule is CON1C[C@@]2(C)C[C@](C)(CN(OC)[C@@]2(O)c2ccccc2)[C@]1(O)c1ccccc1. The number of hydroxylamine groups is 4. The summed E-state index contributed by atoms with van der Waals surface area (Å²) in [5.41, 5.74) is -2.59. The lowest BCUT2D eigenvalue weighted by atomic mass is 9.54. The maximum atomic E-state index is 12.1. The van der Waals surface area contributed by atoms with Crippen molar-refractivity contribution in [3.63, 3.8) is 0 Å². The first-order valence-corrected chi connectivity index (χ1v) is 9.94. The number of fused-ring (bicyclic) bond motifs is 2. The van der Waals surface area contributed by atoms with E-state index in [-0.39, 0.29) is 0 Å². The summed E-state index contributed by atoms with van der Waals surface area (Å²) < 4.78 is 0. The van der Waals surface area contributed by atoms with Crippen LogP contribution in [0.3, 0.4) is 0 Å². The predicted octanol–water partition coefficient (Wildman–Crippen LogP) is 2.83. The van der Waals surface area contributed by atoms with Crippen LogP contribution in [0, 0.1) is 10.8 Å². The van der Waals surface area contributed by atoms with Crippen LogP contribution in [0.4, 0.5) is 0 Å². The third kappa shape index (κ3) is 2.64. The largest absolute Gasteiger partial charge is 0.369 e. The Hall–Kier alpha value is -1.80. The molecule has 4 atom stereocenters. The van der Waals surface area contributed by atoms with E-state index < -0.39 is 22.3 Å². The molecule has 0 amide bonds. The van der Waals surface area contributed by atoms with E-state index in [0.717, 1.165) is 11.1 Å². The maximum Gasteiger partial charge on any atom is 0.173 e. The first-order chi connectivity index (χ1) is 13.7. The Morgan fingerprint density at radius 1 is 0.690 bits per heavy atom. The van der Waals surface area contributed by atoms with Crippen molar-refractivity contribution in [2.75, 3.05) is 27.3 Å². The third-order valence-electron chi connectivity index (χ3n) is 6.96. The second-order valence-corrected chi connectivity index (χ2v) is 8.81. The first-order valence-electron chi connectivity index (χ1n) is 9.94. The van der Waals surface area contributed by atoms with Gasteiger partial charge in [-0.25, -0.2) is 0 Å². The maximum absolute atomic E-state index is 12.1. The highest BCUT2D eigenvalue weighted by atomic mass is 16.7. The predicted molar refractivity (Wildman–Crippen MR) is 109 cm³/mol. The molecule has 156 valence electrons. The van der Waals surface area contributed by atoms with Crippen molar-refractivity contribution in [1.82, 2.24) is 10.1 Å². The lowest BCUT2D eigenvalue weighted by molar-refractivity contribution is -0.448. The van der Waals surface area contributed by atoms with Gasteiger partial charge in [0.15, 0.2) is 11.4 Å². The van der Waals surface area contributed by atoms with Crippen LogP contribution >= 0.6 is 0 Å². The highest BCUT2D eigenvalue weighted by molar-refractivity contribution is 5.32. The van der Waals surface area contributed by atoms with Gasteiger partial charge in [0.05, 0.1) is 14.2 Å². The minimum atomic E-state index is -1.38. The molecule has 4 rings (SSSR count). The molecule has 2 N–H and O–H groups in total. The van der Waals surface area contributed by atoms with Gasteiger partial charge in [-0.2, -0.15) is 10.1 Å². The number of benzene rings is 2. The molecule has 0 saturated carbocycles. The van der Waals surface area contributed by atoms with Crippen molar-refractivity contribution < 1.29 is 19.9 Å². The van der Waals surface area contributed by atoms with Gasteiger partial charge >= 0.3 is 0 Å². The molecule has 2 heterocycles. The molecule has 29 heavy (non-hydrogen) atoms. The molecular formula is C23H30N2O4. The monoisotopic (exact) mass is 398 g/mol. The van der Waals surface area contributed by atoms with Gasteiger partial charge in [-0.15, -0.1) is 0 Å². The van der Waals surface area contributed by atoms with Gasteiger partial charge in [0, 0.05) is 35.0 Å². The molecule has 2 fully saturated rings. The van der Waals surface area contributed by atoms with E-state index in [9.17, 15) is 10.2 Å². The fourth-order valence-corrected chi connectivity index (χ4v) is 5.62. The Bertz CT molecular complexity index is 794. The summed E-state index contributed by atoms with van der Waals surface area (Å²) in [4.78, 5) is 11.5. The van der Waals surface area contributed by atoms with Crippen LogP contribution in [0.15, 0.2) is 60.7 Å². The molecule has 0 radical (unpaired) electrons. The molecule has 2 aliphatic heterocycles. The Morgan fingerprint density at radius 2 is 1.03 bits per heavy atom. The third-order valence-corrected chi connectivity index (χ3v) is 6.96. The quantitative estimate of drug-likeness (QED) is 0.826. The van der Waals surface area contributed by atoms with Crippen molar-refractivity contribution in [3.05, 3.63) is 71.8 Å². The molecular weight excluding hydrogens is 368 g/mol. The molecule has 0 unspecified atom stereocenters. The molecule has 6 nitrogen and oxygen atoms in total. The lowest BCUT2D eigenvalue weighted by Gasteiger charge is -2.67. The summed E-state index contributed by atoms with van der Waals surface area (Å²) in [6.07, 6.45) is 0.580. The fourth-order valence-electron chi connectivity index (χ4n) is 5.62. The van der Waals surface area contributed by atoms with Gasteiger partial charge < -0.3 is 10.2 Å². The Morgan fingerprint density at radius 3 is 1.34 bits per heavy atom. The summed E-state index contributed by atoms with van der Waals surface area (Å²) in [6, 6.07) is 19.1. The van der Waals surface area contributed by atoms with E-state index in [1.165, 1.54) is 0 Å². The molecule has 2 aliphatic rings. The second-order valence-electron chi connectivity index (χ2n) is 8.81. The molecule has 0 spiro atoms. The molecule has 2 aromatic carbocycles. The van der Waals surface area contributed by atoms with Crippen LogP contribution in [0.1, 0.15) is 31.4 Å². The number of rotatable bonds is 4. The van der Waals surface area contributed by atoms with Crippen molar-refractivity contribution in [2.24, 2.45) is 10.8 Å². The van der Waals surface area contributed by atoms with Gasteiger partial charge in [0.1, 0.15) is 0 Å². The number of aliphatic hydroxyl groups is 2. The van der Waals surface area contributed by atoms with Gasteiger partial charge in [0.25, 0.3) is 0 Å². The summed E-state index contributed by atoms with van der Waals surface area (Å²) in [6.45, 7) is 4.69. The van der Waals surface area contributed by atoms with E-state index in [0.29, 0.717) is 19.5 Å². The molecule has 0 aromatic heterocycles. The van der Waals surface area contributed by atoms with Crippen molar-refractivity contribution in [1.29, 1.82) is 0 Å². The van der Waals surface area contributed by atoms with Crippen LogP contribution in [0.25, 0.3) is 0 Å². The molecule has 6 heteroatoms. The van der Waals surface area contributed by atoms with E-state index in [1.54, 1.807) is 24.3 Å². The van der Waals surface area contributed by atoms with Gasteiger partial charge in [0.2, 0.25) is 0 Å². The zero-order valence-electron chi connectivity index (χ0n) is 17.5. The van der Waals surface area contributed by atoms with Crippen LogP contribution in [0.5, 0.6) is 0 Å². The average Bonchev–Trinajstić information content (AvgIpc) is 2.74. The summed E-state index contributed by atoms with van der Waals surface area (Å²) in [5, 5.41) is 27.4. The van der Waals surface area contributed by atoms with Crippen LogP contribution in [-0.2, 0) is 21.1 Å². The highest BCUT2D eigenvalue weighted by Crippen LogP contribution is 2.63. The average molecular weight is 399 g/mol. The zero-order chi connectivity index (χ0) is 20.9. The van der Waals surface area contributed by atoms with E-state index in [2.05, 4.69) is 0 Å². The van der Waals surface area contributed by atoms with Gasteiger partial charge in [-0.05, 0) is 6.42 Å². The van der Waals surface area contributed by atoms with E-state index in [4.69, 9.17) is 9.68 Å². The van der Waals surface area contributed by atoms with Crippen molar-refractivity contribution in [3.8, 4) is 0 Å². The standard InChI is InChI=1S/C23H30N2O4/c1-20-15-21(2,17-25(29-4)22(20,26)18-11-7-5-8-12-18)23(27,24(16-20)28-3)19-13-9-6-10-14-19/h5-14,26-27H,15-17H2,1-4H3/t20-,21-,22-,23-/m1/s1. The zero-order valence-corrected chi connectivity index (χ0v) is 17.5. The van der Waals surface area contributed by atoms with Crippen LogP contribution < -0.4 is 0 Å². The Balaban J connectivity index is 1.89. The van der Waals surface area contributed by atoms with E-state index in [1.807, 2.05) is 74.5 Å². The number of piperidine rings is 2. The highest BCUT2D eigenvalue weighted by Gasteiger charge is 2.71. The molecule has 2 bridgehead atoms. The Kier molecular flexibility index (Phi) is 4.85. The summed E-state index contributed by atoms with van der Waals surface area (Å²) >= 11 is 0.